The zero-order valence-electron chi connectivity index (χ0n) is 14.4. The lowest BCUT2D eigenvalue weighted by Gasteiger charge is -2.12. The zero-order chi connectivity index (χ0) is 18.4. The molecule has 1 aliphatic heterocycles. The normalized spacial score (nSPS) is 16.1. The van der Waals surface area contributed by atoms with E-state index in [1.165, 1.54) is 19.5 Å². The molecule has 1 fully saturated rings. The fourth-order valence-corrected chi connectivity index (χ4v) is 2.67. The minimum Gasteiger partial charge on any atom is -0.465 e. The maximum absolute atomic E-state index is 12.3. The molecule has 3 rings (SSSR count). The number of hydrogen-bond donors (Lipinski definition) is 2. The highest BCUT2D eigenvalue weighted by Gasteiger charge is 2.18. The highest BCUT2D eigenvalue weighted by atomic mass is 16.5. The van der Waals surface area contributed by atoms with Crippen molar-refractivity contribution in [2.75, 3.05) is 25.6 Å². The lowest BCUT2D eigenvalue weighted by Crippen LogP contribution is -2.32. The number of benzene rings is 1. The molecule has 1 amide bonds. The number of nitrogens with one attached hydrogen (secondary N) is 2. The summed E-state index contributed by atoms with van der Waals surface area (Å²) in [5.41, 5.74) is 1.14. The van der Waals surface area contributed by atoms with Crippen molar-refractivity contribution in [1.29, 1.82) is 0 Å². The smallest absolute Gasteiger partial charge is 0.339 e. The monoisotopic (exact) mass is 356 g/mol. The molecule has 0 bridgehead atoms. The first-order valence-corrected chi connectivity index (χ1v) is 8.33. The number of rotatable bonds is 6. The molecular formula is C18H20N4O4. The third-order valence-corrected chi connectivity index (χ3v) is 4.01. The van der Waals surface area contributed by atoms with Crippen LogP contribution in [0.4, 0.5) is 11.5 Å². The molecule has 2 heterocycles. The minimum absolute atomic E-state index is 0.0605. The molecule has 1 aromatic carbocycles. The molecule has 0 radical (unpaired) electrons. The van der Waals surface area contributed by atoms with Crippen molar-refractivity contribution in [3.05, 3.63) is 47.9 Å². The van der Waals surface area contributed by atoms with Crippen LogP contribution in [-0.4, -0.2) is 48.2 Å². The average Bonchev–Trinajstić information content (AvgIpc) is 3.20. The van der Waals surface area contributed by atoms with E-state index in [9.17, 15) is 9.59 Å². The van der Waals surface area contributed by atoms with Crippen LogP contribution >= 0.6 is 0 Å². The van der Waals surface area contributed by atoms with Crippen molar-refractivity contribution < 1.29 is 19.1 Å². The number of methoxy groups -OCH3 is 1. The molecule has 2 N–H and O–H groups in total. The fraction of sp³-hybridized carbons (Fsp3) is 0.333. The number of carbonyl (C=O) groups is 2. The SMILES string of the molecule is COC(=O)c1ccccc1Nc1cc(C(=O)NCC2CCCO2)ncn1. The van der Waals surface area contributed by atoms with Gasteiger partial charge < -0.3 is 20.1 Å². The van der Waals surface area contributed by atoms with Crippen LogP contribution in [0.1, 0.15) is 33.7 Å². The summed E-state index contributed by atoms with van der Waals surface area (Å²) in [6, 6.07) is 8.42. The van der Waals surface area contributed by atoms with E-state index in [4.69, 9.17) is 9.47 Å². The van der Waals surface area contributed by atoms with Gasteiger partial charge in [0.05, 0.1) is 24.5 Å². The lowest BCUT2D eigenvalue weighted by atomic mass is 10.2. The quantitative estimate of drug-likeness (QED) is 0.762. The van der Waals surface area contributed by atoms with Crippen molar-refractivity contribution >= 4 is 23.4 Å². The van der Waals surface area contributed by atoms with E-state index in [0.29, 0.717) is 23.6 Å². The first-order chi connectivity index (χ1) is 12.7. The van der Waals surface area contributed by atoms with Crippen molar-refractivity contribution in [2.24, 2.45) is 0 Å². The molecule has 0 saturated carbocycles. The Morgan fingerprint density at radius 2 is 2.15 bits per heavy atom. The van der Waals surface area contributed by atoms with Crippen molar-refractivity contribution in [2.45, 2.75) is 18.9 Å². The van der Waals surface area contributed by atoms with Gasteiger partial charge in [-0.05, 0) is 25.0 Å². The van der Waals surface area contributed by atoms with Crippen molar-refractivity contribution in [3.8, 4) is 0 Å². The molecule has 8 heteroatoms. The third-order valence-electron chi connectivity index (χ3n) is 4.01. The van der Waals surface area contributed by atoms with Gasteiger partial charge in [0, 0.05) is 19.2 Å². The number of anilines is 2. The topological polar surface area (TPSA) is 102 Å². The fourth-order valence-electron chi connectivity index (χ4n) is 2.67. The predicted molar refractivity (Wildman–Crippen MR) is 94.4 cm³/mol. The molecule has 136 valence electrons. The summed E-state index contributed by atoms with van der Waals surface area (Å²) in [7, 11) is 1.32. The van der Waals surface area contributed by atoms with Crippen LogP contribution in [-0.2, 0) is 9.47 Å². The molecule has 8 nitrogen and oxygen atoms in total. The van der Waals surface area contributed by atoms with Gasteiger partial charge in [-0.2, -0.15) is 0 Å². The van der Waals surface area contributed by atoms with Gasteiger partial charge in [0.15, 0.2) is 0 Å². The van der Waals surface area contributed by atoms with Crippen LogP contribution in [0.3, 0.4) is 0 Å². The van der Waals surface area contributed by atoms with E-state index in [2.05, 4.69) is 20.6 Å². The second-order valence-electron chi connectivity index (χ2n) is 5.80. The van der Waals surface area contributed by atoms with E-state index in [0.717, 1.165) is 19.4 Å². The van der Waals surface area contributed by atoms with Crippen LogP contribution in [0.2, 0.25) is 0 Å². The Kier molecular flexibility index (Phi) is 5.75. The Bertz CT molecular complexity index is 790. The summed E-state index contributed by atoms with van der Waals surface area (Å²) in [6.45, 7) is 1.19. The summed E-state index contributed by atoms with van der Waals surface area (Å²) in [6.07, 6.45) is 3.32. The second-order valence-corrected chi connectivity index (χ2v) is 5.80. The summed E-state index contributed by atoms with van der Waals surface area (Å²) in [4.78, 5) is 32.2. The van der Waals surface area contributed by atoms with Gasteiger partial charge in [-0.25, -0.2) is 14.8 Å². The largest absolute Gasteiger partial charge is 0.465 e. The van der Waals surface area contributed by atoms with Gasteiger partial charge in [-0.3, -0.25) is 4.79 Å². The molecule has 26 heavy (non-hydrogen) atoms. The van der Waals surface area contributed by atoms with Crippen LogP contribution in [0.15, 0.2) is 36.7 Å². The maximum atomic E-state index is 12.3. The van der Waals surface area contributed by atoms with Gasteiger partial charge >= 0.3 is 5.97 Å². The first kappa shape index (κ1) is 17.8. The van der Waals surface area contributed by atoms with E-state index in [-0.39, 0.29) is 17.7 Å². The average molecular weight is 356 g/mol. The Labute approximate surface area is 150 Å². The van der Waals surface area contributed by atoms with E-state index >= 15 is 0 Å². The van der Waals surface area contributed by atoms with Crippen molar-refractivity contribution in [3.63, 3.8) is 0 Å². The first-order valence-electron chi connectivity index (χ1n) is 8.33. The van der Waals surface area contributed by atoms with Crippen LogP contribution in [0.5, 0.6) is 0 Å². The highest BCUT2D eigenvalue weighted by Crippen LogP contribution is 2.20. The second kappa shape index (κ2) is 8.39. The number of esters is 1. The van der Waals surface area contributed by atoms with Crippen LogP contribution in [0.25, 0.3) is 0 Å². The maximum Gasteiger partial charge on any atom is 0.339 e. The molecule has 0 spiro atoms. The van der Waals surface area contributed by atoms with Gasteiger partial charge in [0.1, 0.15) is 17.8 Å². The van der Waals surface area contributed by atoms with Crippen molar-refractivity contribution in [1.82, 2.24) is 15.3 Å². The Morgan fingerprint density at radius 1 is 1.31 bits per heavy atom. The molecule has 1 unspecified atom stereocenters. The number of ether oxygens (including phenoxy) is 2. The van der Waals surface area contributed by atoms with E-state index < -0.39 is 5.97 Å². The molecular weight excluding hydrogens is 336 g/mol. The third kappa shape index (κ3) is 4.34. The Hall–Kier alpha value is -3.00. The van der Waals surface area contributed by atoms with E-state index in [1.54, 1.807) is 24.3 Å². The molecule has 0 aliphatic carbocycles. The number of amides is 1. The molecule has 1 aliphatic rings. The molecule has 1 saturated heterocycles. The van der Waals surface area contributed by atoms with E-state index in [1.807, 2.05) is 0 Å². The summed E-state index contributed by atoms with van der Waals surface area (Å²) in [5, 5.41) is 5.84. The number of carbonyl (C=O) groups excluding carboxylic acids is 2. The van der Waals surface area contributed by atoms with Gasteiger partial charge in [0.25, 0.3) is 5.91 Å². The van der Waals surface area contributed by atoms with Gasteiger partial charge in [-0.1, -0.05) is 12.1 Å². The predicted octanol–water partition coefficient (Wildman–Crippen LogP) is 1.92. The number of hydrogen-bond acceptors (Lipinski definition) is 7. The molecule has 1 atom stereocenters. The Balaban J connectivity index is 1.69. The van der Waals surface area contributed by atoms with Crippen LogP contribution in [0, 0.1) is 0 Å². The van der Waals surface area contributed by atoms with Gasteiger partial charge in [-0.15, -0.1) is 0 Å². The minimum atomic E-state index is -0.461. The summed E-state index contributed by atoms with van der Waals surface area (Å²) in [5.74, 6) is -0.359. The molecule has 1 aromatic heterocycles. The van der Waals surface area contributed by atoms with Gasteiger partial charge in [0.2, 0.25) is 0 Å². The van der Waals surface area contributed by atoms with Crippen LogP contribution < -0.4 is 10.6 Å². The Morgan fingerprint density at radius 3 is 2.92 bits per heavy atom. The number of aromatic nitrogens is 2. The highest BCUT2D eigenvalue weighted by molar-refractivity contribution is 5.97. The zero-order valence-corrected chi connectivity index (χ0v) is 14.4. The lowest BCUT2D eigenvalue weighted by molar-refractivity contribution is 0.0601. The molecule has 2 aromatic rings. The number of nitrogens with zero attached hydrogens (tertiary/aromatic N) is 2. The number of para-hydroxylation sites is 1. The summed E-state index contributed by atoms with van der Waals surface area (Å²) < 4.78 is 10.3. The standard InChI is InChI=1S/C18H20N4O4/c1-25-18(24)13-6-2-3-7-14(13)22-16-9-15(20-11-21-16)17(23)19-10-12-5-4-8-26-12/h2-3,6-7,9,11-12H,4-5,8,10H2,1H3,(H,19,23)(H,20,21,22). The summed E-state index contributed by atoms with van der Waals surface area (Å²) >= 11 is 0.